The van der Waals surface area contributed by atoms with E-state index in [1.165, 1.54) is 0 Å². The number of morpholine rings is 1. The number of fused-ring (bicyclic) bond motifs is 1. The predicted octanol–water partition coefficient (Wildman–Crippen LogP) is 2.17. The molecule has 0 bridgehead atoms. The number of aromatic amines is 1. The van der Waals surface area contributed by atoms with Crippen LogP contribution in [0.3, 0.4) is 0 Å². The number of ether oxygens (including phenoxy) is 1. The summed E-state index contributed by atoms with van der Waals surface area (Å²) >= 11 is 0. The highest BCUT2D eigenvalue weighted by Gasteiger charge is 2.31. The second-order valence-corrected chi connectivity index (χ2v) is 5.48. The number of benzene rings is 1. The average molecular weight is 308 g/mol. The van der Waals surface area contributed by atoms with Crippen LogP contribution in [-0.4, -0.2) is 45.7 Å². The van der Waals surface area contributed by atoms with Crippen LogP contribution in [-0.2, 0) is 4.74 Å². The molecule has 0 unspecified atom stereocenters. The van der Waals surface area contributed by atoms with Crippen LogP contribution < -0.4 is 0 Å². The minimum Gasteiger partial charge on any atom is -0.377 e. The van der Waals surface area contributed by atoms with Crippen LogP contribution in [0.25, 0.3) is 10.8 Å². The number of amides is 1. The molecular weight excluding hydrogens is 292 g/mol. The number of nitrogens with one attached hydrogen (secondary N) is 1. The van der Waals surface area contributed by atoms with Gasteiger partial charge in [-0.2, -0.15) is 5.10 Å². The third kappa shape index (κ3) is 2.47. The molecule has 3 aromatic rings. The van der Waals surface area contributed by atoms with Crippen molar-refractivity contribution in [2.75, 3.05) is 19.8 Å². The van der Waals surface area contributed by atoms with Gasteiger partial charge in [-0.25, -0.2) is 0 Å². The lowest BCUT2D eigenvalue weighted by atomic mass is 10.1. The fraction of sp³-hybridized carbons (Fsp3) is 0.235. The van der Waals surface area contributed by atoms with E-state index in [0.717, 1.165) is 16.5 Å². The van der Waals surface area contributed by atoms with Gasteiger partial charge in [0.1, 0.15) is 5.69 Å². The van der Waals surface area contributed by atoms with Crippen LogP contribution in [0, 0.1) is 0 Å². The van der Waals surface area contributed by atoms with Gasteiger partial charge in [0, 0.05) is 24.3 Å². The van der Waals surface area contributed by atoms with Crippen molar-refractivity contribution in [1.29, 1.82) is 0 Å². The normalized spacial score (nSPS) is 18.3. The maximum atomic E-state index is 13.1. The van der Waals surface area contributed by atoms with E-state index in [-0.39, 0.29) is 11.9 Å². The first-order valence-electron chi connectivity index (χ1n) is 7.56. The molecule has 116 valence electrons. The molecular formula is C17H16N4O2. The summed E-state index contributed by atoms with van der Waals surface area (Å²) in [6.45, 7) is 1.52. The Morgan fingerprint density at radius 2 is 2.13 bits per heavy atom. The lowest BCUT2D eigenvalue weighted by Gasteiger charge is -2.34. The highest BCUT2D eigenvalue weighted by Crippen LogP contribution is 2.26. The van der Waals surface area contributed by atoms with Crippen molar-refractivity contribution in [3.63, 3.8) is 0 Å². The standard InChI is InChI=1S/C17H16N4O2/c22-17(16-13-4-2-1-3-12(13)5-7-18-16)21-9-10-23-11-15(21)14-6-8-19-20-14/h1-8,15H,9-11H2,(H,19,20)/t15-/m1/s1. The number of hydrogen-bond donors (Lipinski definition) is 1. The summed E-state index contributed by atoms with van der Waals surface area (Å²) in [6.07, 6.45) is 3.37. The number of pyridine rings is 1. The topological polar surface area (TPSA) is 71.1 Å². The van der Waals surface area contributed by atoms with Gasteiger partial charge in [-0.1, -0.05) is 24.3 Å². The highest BCUT2D eigenvalue weighted by molar-refractivity contribution is 6.05. The Bertz CT molecular complexity index is 826. The van der Waals surface area contributed by atoms with E-state index in [9.17, 15) is 4.79 Å². The van der Waals surface area contributed by atoms with E-state index < -0.39 is 0 Å². The first-order chi connectivity index (χ1) is 11.3. The molecule has 1 amide bonds. The lowest BCUT2D eigenvalue weighted by molar-refractivity contribution is -0.00410. The summed E-state index contributed by atoms with van der Waals surface area (Å²) in [4.78, 5) is 19.2. The molecule has 1 aromatic carbocycles. The number of hydrogen-bond acceptors (Lipinski definition) is 4. The van der Waals surface area contributed by atoms with Crippen molar-refractivity contribution >= 4 is 16.7 Å². The summed E-state index contributed by atoms with van der Waals surface area (Å²) in [6, 6.07) is 11.4. The van der Waals surface area contributed by atoms with Gasteiger partial charge in [-0.3, -0.25) is 14.9 Å². The summed E-state index contributed by atoms with van der Waals surface area (Å²) < 4.78 is 5.55. The van der Waals surface area contributed by atoms with Crippen molar-refractivity contribution < 1.29 is 9.53 Å². The Morgan fingerprint density at radius 1 is 1.22 bits per heavy atom. The zero-order valence-electron chi connectivity index (χ0n) is 12.5. The van der Waals surface area contributed by atoms with E-state index in [1.807, 2.05) is 41.3 Å². The van der Waals surface area contributed by atoms with Gasteiger partial charge in [0.2, 0.25) is 0 Å². The SMILES string of the molecule is O=C(c1nccc2ccccc12)N1CCOC[C@@H]1c1ccn[nH]1. The van der Waals surface area contributed by atoms with E-state index >= 15 is 0 Å². The molecule has 0 aliphatic carbocycles. The molecule has 6 heteroatoms. The molecule has 1 fully saturated rings. The summed E-state index contributed by atoms with van der Waals surface area (Å²) in [7, 11) is 0. The Kier molecular flexibility index (Phi) is 3.51. The first-order valence-corrected chi connectivity index (χ1v) is 7.56. The maximum absolute atomic E-state index is 13.1. The number of carbonyl (C=O) groups excluding carboxylic acids is 1. The van der Waals surface area contributed by atoms with Crippen molar-refractivity contribution in [2.24, 2.45) is 0 Å². The van der Waals surface area contributed by atoms with Crippen LogP contribution in [0.1, 0.15) is 22.2 Å². The molecule has 1 N–H and O–H groups in total. The summed E-state index contributed by atoms with van der Waals surface area (Å²) in [5.74, 6) is -0.0790. The second kappa shape index (κ2) is 5.81. The number of rotatable bonds is 2. The summed E-state index contributed by atoms with van der Waals surface area (Å²) in [5, 5.41) is 8.80. The molecule has 1 saturated heterocycles. The molecule has 0 spiro atoms. The van der Waals surface area contributed by atoms with Gasteiger partial charge in [0.25, 0.3) is 5.91 Å². The molecule has 3 heterocycles. The number of aromatic nitrogens is 3. The van der Waals surface area contributed by atoms with Crippen LogP contribution in [0.5, 0.6) is 0 Å². The van der Waals surface area contributed by atoms with Gasteiger partial charge >= 0.3 is 0 Å². The van der Waals surface area contributed by atoms with Gasteiger partial charge in [0.15, 0.2) is 0 Å². The van der Waals surface area contributed by atoms with E-state index in [0.29, 0.717) is 25.5 Å². The van der Waals surface area contributed by atoms with Gasteiger partial charge in [-0.05, 0) is 17.5 Å². The first kappa shape index (κ1) is 13.9. The highest BCUT2D eigenvalue weighted by atomic mass is 16.5. The van der Waals surface area contributed by atoms with Crippen molar-refractivity contribution in [2.45, 2.75) is 6.04 Å². The molecule has 4 rings (SSSR count). The molecule has 1 aliphatic rings. The van der Waals surface area contributed by atoms with Gasteiger partial charge in [0.05, 0.1) is 24.9 Å². The third-order valence-corrected chi connectivity index (χ3v) is 4.15. The Balaban J connectivity index is 1.74. The van der Waals surface area contributed by atoms with Crippen LogP contribution in [0.15, 0.2) is 48.8 Å². The Morgan fingerprint density at radius 3 is 3.00 bits per heavy atom. The van der Waals surface area contributed by atoms with Gasteiger partial charge < -0.3 is 9.64 Å². The maximum Gasteiger partial charge on any atom is 0.273 e. The Hall–Kier alpha value is -2.73. The van der Waals surface area contributed by atoms with Crippen molar-refractivity contribution in [3.05, 3.63) is 60.2 Å². The van der Waals surface area contributed by atoms with Gasteiger partial charge in [-0.15, -0.1) is 0 Å². The summed E-state index contributed by atoms with van der Waals surface area (Å²) in [5.41, 5.74) is 1.35. The quantitative estimate of drug-likeness (QED) is 0.787. The van der Waals surface area contributed by atoms with Crippen molar-refractivity contribution in [3.8, 4) is 0 Å². The molecule has 6 nitrogen and oxygen atoms in total. The number of nitrogens with zero attached hydrogens (tertiary/aromatic N) is 3. The van der Waals surface area contributed by atoms with Crippen LogP contribution in [0.2, 0.25) is 0 Å². The minimum atomic E-state index is -0.167. The minimum absolute atomic E-state index is 0.0790. The average Bonchev–Trinajstić information content (AvgIpc) is 3.15. The second-order valence-electron chi connectivity index (χ2n) is 5.48. The molecule has 23 heavy (non-hydrogen) atoms. The van der Waals surface area contributed by atoms with E-state index in [1.54, 1.807) is 12.4 Å². The smallest absolute Gasteiger partial charge is 0.273 e. The monoisotopic (exact) mass is 308 g/mol. The predicted molar refractivity (Wildman–Crippen MR) is 84.9 cm³/mol. The zero-order chi connectivity index (χ0) is 15.6. The molecule has 1 atom stereocenters. The van der Waals surface area contributed by atoms with Crippen molar-refractivity contribution in [1.82, 2.24) is 20.1 Å². The van der Waals surface area contributed by atoms with E-state index in [2.05, 4.69) is 15.2 Å². The van der Waals surface area contributed by atoms with Crippen LogP contribution >= 0.6 is 0 Å². The fourth-order valence-corrected chi connectivity index (χ4v) is 2.98. The third-order valence-electron chi connectivity index (χ3n) is 4.15. The largest absolute Gasteiger partial charge is 0.377 e. The van der Waals surface area contributed by atoms with Crippen LogP contribution in [0.4, 0.5) is 0 Å². The lowest BCUT2D eigenvalue weighted by Crippen LogP contribution is -2.43. The Labute approximate surface area is 133 Å². The zero-order valence-corrected chi connectivity index (χ0v) is 12.5. The molecule has 0 saturated carbocycles. The number of carbonyl (C=O) groups is 1. The van der Waals surface area contributed by atoms with E-state index in [4.69, 9.17) is 4.74 Å². The molecule has 1 aliphatic heterocycles. The number of H-pyrrole nitrogens is 1. The molecule has 0 radical (unpaired) electrons. The molecule has 2 aromatic heterocycles. The fourth-order valence-electron chi connectivity index (χ4n) is 2.98.